The van der Waals surface area contributed by atoms with E-state index in [4.69, 9.17) is 19.1 Å². The lowest BCUT2D eigenvalue weighted by atomic mass is 10.1. The quantitative estimate of drug-likeness (QED) is 0.0236. The minimum absolute atomic E-state index is 0.114. The van der Waals surface area contributed by atoms with Crippen molar-refractivity contribution in [2.75, 3.05) is 26.4 Å². The number of ether oxygens (including phenoxy) is 2. The molecular formula is C46H79O10P. The van der Waals surface area contributed by atoms with Crippen LogP contribution in [-0.2, 0) is 32.7 Å². The number of esters is 2. The van der Waals surface area contributed by atoms with Crippen molar-refractivity contribution in [3.05, 3.63) is 72.9 Å². The van der Waals surface area contributed by atoms with Crippen LogP contribution in [0.4, 0.5) is 0 Å². The van der Waals surface area contributed by atoms with Gasteiger partial charge in [-0.25, -0.2) is 4.57 Å². The van der Waals surface area contributed by atoms with Gasteiger partial charge in [0, 0.05) is 12.8 Å². The van der Waals surface area contributed by atoms with Gasteiger partial charge in [-0.1, -0.05) is 151 Å². The van der Waals surface area contributed by atoms with E-state index in [1.165, 1.54) is 77.0 Å². The second-order valence-corrected chi connectivity index (χ2v) is 15.8. The van der Waals surface area contributed by atoms with Crippen LogP contribution in [-0.4, -0.2) is 65.7 Å². The first kappa shape index (κ1) is 54.4. The van der Waals surface area contributed by atoms with E-state index in [1.54, 1.807) is 0 Å². The van der Waals surface area contributed by atoms with E-state index >= 15 is 0 Å². The number of hydrogen-bond donors (Lipinski definition) is 3. The van der Waals surface area contributed by atoms with Crippen LogP contribution in [0.3, 0.4) is 0 Å². The molecule has 0 aromatic carbocycles. The van der Waals surface area contributed by atoms with E-state index in [2.05, 4.69) is 79.1 Å². The minimum atomic E-state index is -4.64. The van der Waals surface area contributed by atoms with Crippen molar-refractivity contribution in [3.8, 4) is 0 Å². The highest BCUT2D eigenvalue weighted by molar-refractivity contribution is 7.47. The molecule has 3 atom stereocenters. The maximum atomic E-state index is 12.6. The number of rotatable bonds is 40. The van der Waals surface area contributed by atoms with Crippen molar-refractivity contribution >= 4 is 19.8 Å². The van der Waals surface area contributed by atoms with Gasteiger partial charge in [-0.3, -0.25) is 18.6 Å². The standard InChI is InChI=1S/C46H79O10P/c1-3-5-7-9-11-13-15-17-19-20-21-22-24-25-27-29-31-33-35-37-45(49)53-41-44(42-55-57(51,52)54-40-43(48)39-47)56-46(50)38-36-34-32-30-28-26-23-18-16-14-12-10-8-6-4-2/h11,13-14,16-17,19,21-22,25,27,31,33,43-44,47-48H,3-10,12,15,18,20,23-24,26,28-30,32,34-42H2,1-2H3,(H,51,52)/b13-11-,16-14-,19-17-,22-21-,27-25-,33-31-/t43-,44+/m0/s1. The molecule has 10 nitrogen and oxygen atoms in total. The van der Waals surface area contributed by atoms with Crippen LogP contribution in [0.2, 0.25) is 0 Å². The lowest BCUT2D eigenvalue weighted by molar-refractivity contribution is -0.161. The van der Waals surface area contributed by atoms with E-state index in [1.807, 2.05) is 12.2 Å². The van der Waals surface area contributed by atoms with Gasteiger partial charge in [0.15, 0.2) is 6.10 Å². The molecule has 0 amide bonds. The Balaban J connectivity index is 4.43. The van der Waals surface area contributed by atoms with E-state index < -0.39 is 51.8 Å². The second kappa shape index (κ2) is 41.6. The average molecular weight is 823 g/mol. The first-order valence-electron chi connectivity index (χ1n) is 21.9. The van der Waals surface area contributed by atoms with Gasteiger partial charge in [0.05, 0.1) is 19.8 Å². The lowest BCUT2D eigenvalue weighted by Crippen LogP contribution is -2.29. The molecule has 1 unspecified atom stereocenters. The molecule has 0 heterocycles. The number of phosphoric ester groups is 1. The molecule has 0 spiro atoms. The number of aliphatic hydroxyl groups excluding tert-OH is 2. The third kappa shape index (κ3) is 41.4. The Morgan fingerprint density at radius 2 is 0.947 bits per heavy atom. The van der Waals surface area contributed by atoms with Gasteiger partial charge in [0.25, 0.3) is 0 Å². The maximum Gasteiger partial charge on any atom is 0.472 e. The van der Waals surface area contributed by atoms with E-state index in [0.717, 1.165) is 51.4 Å². The maximum absolute atomic E-state index is 12.6. The second-order valence-electron chi connectivity index (χ2n) is 14.4. The Labute approximate surface area is 346 Å². The van der Waals surface area contributed by atoms with E-state index in [0.29, 0.717) is 12.8 Å². The van der Waals surface area contributed by atoms with E-state index in [-0.39, 0.29) is 19.4 Å². The van der Waals surface area contributed by atoms with Crippen molar-refractivity contribution in [3.63, 3.8) is 0 Å². The number of carbonyl (C=O) groups excluding carboxylic acids is 2. The molecule has 0 aromatic heterocycles. The Hall–Kier alpha value is -2.59. The fraction of sp³-hybridized carbons (Fsp3) is 0.696. The van der Waals surface area contributed by atoms with Crippen molar-refractivity contribution < 1.29 is 47.8 Å². The van der Waals surface area contributed by atoms with Gasteiger partial charge in [0.1, 0.15) is 12.7 Å². The zero-order valence-corrected chi connectivity index (χ0v) is 36.4. The number of phosphoric acid groups is 1. The largest absolute Gasteiger partial charge is 0.472 e. The first-order chi connectivity index (χ1) is 27.7. The molecule has 0 bridgehead atoms. The highest BCUT2D eigenvalue weighted by atomic mass is 31.2. The molecule has 0 radical (unpaired) electrons. The molecule has 0 saturated heterocycles. The van der Waals surface area contributed by atoms with Crippen LogP contribution < -0.4 is 0 Å². The van der Waals surface area contributed by atoms with Gasteiger partial charge in [0.2, 0.25) is 0 Å². The monoisotopic (exact) mass is 823 g/mol. The van der Waals surface area contributed by atoms with Gasteiger partial charge in [-0.2, -0.15) is 0 Å². The van der Waals surface area contributed by atoms with Gasteiger partial charge >= 0.3 is 19.8 Å². The molecular weight excluding hydrogens is 743 g/mol. The highest BCUT2D eigenvalue weighted by Crippen LogP contribution is 2.43. The van der Waals surface area contributed by atoms with Gasteiger partial charge < -0.3 is 24.6 Å². The summed E-state index contributed by atoms with van der Waals surface area (Å²) in [7, 11) is -4.64. The van der Waals surface area contributed by atoms with Crippen molar-refractivity contribution in [2.24, 2.45) is 0 Å². The zero-order valence-electron chi connectivity index (χ0n) is 35.5. The summed E-state index contributed by atoms with van der Waals surface area (Å²) in [6, 6.07) is 0. The van der Waals surface area contributed by atoms with Crippen LogP contribution in [0, 0.1) is 0 Å². The van der Waals surface area contributed by atoms with Crippen LogP contribution in [0.25, 0.3) is 0 Å². The summed E-state index contributed by atoms with van der Waals surface area (Å²) in [4.78, 5) is 34.9. The van der Waals surface area contributed by atoms with Crippen LogP contribution in [0.15, 0.2) is 72.9 Å². The lowest BCUT2D eigenvalue weighted by Gasteiger charge is -2.20. The number of unbranched alkanes of at least 4 members (excludes halogenated alkanes) is 14. The SMILES string of the molecule is CCCCC/C=C\C/C=C\C/C=C\C/C=C\C/C=C\CCC(=O)OC[C@H](COP(=O)(O)OC[C@@H](O)CO)OC(=O)CCCCCCCCC/C=C\CCCCCC. The van der Waals surface area contributed by atoms with Crippen molar-refractivity contribution in [2.45, 2.75) is 180 Å². The molecule has 0 aliphatic carbocycles. The molecule has 3 N–H and O–H groups in total. The highest BCUT2D eigenvalue weighted by Gasteiger charge is 2.27. The third-order valence-corrected chi connectivity index (χ3v) is 9.80. The van der Waals surface area contributed by atoms with Crippen molar-refractivity contribution in [1.29, 1.82) is 0 Å². The molecule has 57 heavy (non-hydrogen) atoms. The summed E-state index contributed by atoms with van der Waals surface area (Å²) in [6.45, 7) is 2.24. The predicted molar refractivity (Wildman–Crippen MR) is 233 cm³/mol. The molecule has 0 fully saturated rings. The summed E-state index contributed by atoms with van der Waals surface area (Å²) >= 11 is 0. The molecule has 0 saturated carbocycles. The smallest absolute Gasteiger partial charge is 0.462 e. The minimum Gasteiger partial charge on any atom is -0.462 e. The topological polar surface area (TPSA) is 149 Å². The summed E-state index contributed by atoms with van der Waals surface area (Å²) < 4.78 is 32.6. The summed E-state index contributed by atoms with van der Waals surface area (Å²) in [6.07, 6.45) is 47.3. The Bertz CT molecular complexity index is 1180. The summed E-state index contributed by atoms with van der Waals surface area (Å²) in [5.74, 6) is -1.03. The third-order valence-electron chi connectivity index (χ3n) is 8.85. The molecule has 0 aliphatic heterocycles. The molecule has 11 heteroatoms. The van der Waals surface area contributed by atoms with Crippen LogP contribution in [0.1, 0.15) is 168 Å². The number of allylic oxidation sites excluding steroid dienone is 12. The van der Waals surface area contributed by atoms with Gasteiger partial charge in [-0.15, -0.1) is 0 Å². The van der Waals surface area contributed by atoms with Crippen LogP contribution >= 0.6 is 7.82 Å². The number of hydrogen-bond acceptors (Lipinski definition) is 9. The summed E-state index contributed by atoms with van der Waals surface area (Å²) in [5, 5.41) is 18.3. The van der Waals surface area contributed by atoms with Crippen LogP contribution in [0.5, 0.6) is 0 Å². The number of carbonyl (C=O) groups is 2. The summed E-state index contributed by atoms with van der Waals surface area (Å²) in [5.41, 5.74) is 0. The zero-order chi connectivity index (χ0) is 41.9. The fourth-order valence-electron chi connectivity index (χ4n) is 5.44. The molecule has 0 aliphatic rings. The number of aliphatic hydroxyl groups is 2. The normalized spacial score (nSPS) is 14.5. The molecule has 0 aromatic rings. The van der Waals surface area contributed by atoms with Crippen molar-refractivity contribution in [1.82, 2.24) is 0 Å². The Morgan fingerprint density at radius 3 is 1.49 bits per heavy atom. The predicted octanol–water partition coefficient (Wildman–Crippen LogP) is 11.7. The first-order valence-corrected chi connectivity index (χ1v) is 23.4. The average Bonchev–Trinajstić information content (AvgIpc) is 3.20. The molecule has 0 rings (SSSR count). The van der Waals surface area contributed by atoms with Gasteiger partial charge in [-0.05, 0) is 77.0 Å². The Kier molecular flexibility index (Phi) is 39.7. The van der Waals surface area contributed by atoms with E-state index in [9.17, 15) is 24.2 Å². The molecule has 328 valence electrons. The Morgan fingerprint density at radius 1 is 0.526 bits per heavy atom. The fourth-order valence-corrected chi connectivity index (χ4v) is 6.23.